The lowest BCUT2D eigenvalue weighted by Gasteiger charge is -2.10. The summed E-state index contributed by atoms with van der Waals surface area (Å²) in [6.07, 6.45) is 3.52. The molecule has 0 saturated heterocycles. The number of hydrogen-bond donors (Lipinski definition) is 2. The van der Waals surface area contributed by atoms with Gasteiger partial charge in [0, 0.05) is 10.2 Å². The summed E-state index contributed by atoms with van der Waals surface area (Å²) in [5.41, 5.74) is 2.07. The van der Waals surface area contributed by atoms with Crippen molar-refractivity contribution in [1.29, 1.82) is 0 Å². The number of halogens is 2. The van der Waals surface area contributed by atoms with Crippen LogP contribution in [-0.4, -0.2) is 19.0 Å². The molecule has 0 heterocycles. The fourth-order valence-electron chi connectivity index (χ4n) is 1.88. The van der Waals surface area contributed by atoms with Crippen molar-refractivity contribution in [2.75, 3.05) is 18.4 Å². The van der Waals surface area contributed by atoms with E-state index in [1.807, 2.05) is 18.2 Å². The van der Waals surface area contributed by atoms with E-state index in [9.17, 15) is 4.79 Å². The van der Waals surface area contributed by atoms with Crippen molar-refractivity contribution in [1.82, 2.24) is 5.32 Å². The monoisotopic (exact) mass is 346 g/mol. The molecule has 0 unspecified atom stereocenters. The normalized spacial score (nSPS) is 13.8. The summed E-state index contributed by atoms with van der Waals surface area (Å²) >= 11 is 3.44. The van der Waals surface area contributed by atoms with Crippen LogP contribution < -0.4 is 10.6 Å². The van der Waals surface area contributed by atoms with Crippen molar-refractivity contribution in [3.63, 3.8) is 0 Å². The lowest BCUT2D eigenvalue weighted by Crippen LogP contribution is -2.29. The van der Waals surface area contributed by atoms with Crippen LogP contribution in [0.2, 0.25) is 0 Å². The highest BCUT2D eigenvalue weighted by Crippen LogP contribution is 2.27. The molecule has 5 heteroatoms. The molecule has 1 aromatic rings. The Labute approximate surface area is 129 Å². The first-order valence-corrected chi connectivity index (χ1v) is 7.27. The van der Waals surface area contributed by atoms with Gasteiger partial charge in [-0.05, 0) is 55.5 Å². The molecule has 0 spiro atoms. The van der Waals surface area contributed by atoms with Crippen molar-refractivity contribution in [3.05, 3.63) is 28.2 Å². The molecular weight excluding hydrogens is 328 g/mol. The molecule has 106 valence electrons. The Morgan fingerprint density at radius 1 is 1.42 bits per heavy atom. The summed E-state index contributed by atoms with van der Waals surface area (Å²) in [6.45, 7) is 3.45. The number of anilines is 1. The lowest BCUT2D eigenvalue weighted by atomic mass is 10.1. The second-order valence-corrected chi connectivity index (χ2v) is 5.69. The van der Waals surface area contributed by atoms with Gasteiger partial charge in [-0.25, -0.2) is 0 Å². The average Bonchev–Trinajstić information content (AvgIpc) is 3.15. The number of rotatable bonds is 6. The van der Waals surface area contributed by atoms with Gasteiger partial charge >= 0.3 is 0 Å². The van der Waals surface area contributed by atoms with Gasteiger partial charge in [0.2, 0.25) is 5.91 Å². The Balaban J connectivity index is 0.00000180. The van der Waals surface area contributed by atoms with Gasteiger partial charge < -0.3 is 10.6 Å². The highest BCUT2D eigenvalue weighted by Gasteiger charge is 2.20. The molecule has 0 bridgehead atoms. The predicted octanol–water partition coefficient (Wildman–Crippen LogP) is 3.37. The third-order valence-corrected chi connectivity index (χ3v) is 3.63. The number of aryl methyl sites for hydroxylation is 1. The Morgan fingerprint density at radius 2 is 2.16 bits per heavy atom. The Bertz CT molecular complexity index is 435. The first-order chi connectivity index (χ1) is 8.69. The first-order valence-electron chi connectivity index (χ1n) is 6.48. The average molecular weight is 348 g/mol. The van der Waals surface area contributed by atoms with Crippen LogP contribution in [0.3, 0.4) is 0 Å². The van der Waals surface area contributed by atoms with Crippen molar-refractivity contribution < 1.29 is 4.79 Å². The van der Waals surface area contributed by atoms with Gasteiger partial charge in [0.05, 0.1) is 6.54 Å². The second-order valence-electron chi connectivity index (χ2n) is 4.78. The highest BCUT2D eigenvalue weighted by atomic mass is 79.9. The van der Waals surface area contributed by atoms with Crippen LogP contribution in [0, 0.1) is 5.92 Å². The molecule has 1 saturated carbocycles. The topological polar surface area (TPSA) is 41.1 Å². The molecule has 3 nitrogen and oxygen atoms in total. The maximum atomic E-state index is 11.8. The molecule has 0 atom stereocenters. The van der Waals surface area contributed by atoms with Crippen molar-refractivity contribution >= 4 is 39.9 Å². The zero-order valence-corrected chi connectivity index (χ0v) is 13.4. The number of hydrogen-bond acceptors (Lipinski definition) is 2. The predicted molar refractivity (Wildman–Crippen MR) is 85.0 cm³/mol. The molecule has 0 aliphatic heterocycles. The Kier molecular flexibility index (Phi) is 6.83. The van der Waals surface area contributed by atoms with E-state index in [-0.39, 0.29) is 18.3 Å². The summed E-state index contributed by atoms with van der Waals surface area (Å²) in [5.74, 6) is 0.837. The van der Waals surface area contributed by atoms with Crippen LogP contribution in [0.5, 0.6) is 0 Å². The van der Waals surface area contributed by atoms with E-state index in [1.165, 1.54) is 12.8 Å². The van der Waals surface area contributed by atoms with Gasteiger partial charge in [-0.2, -0.15) is 0 Å². The zero-order valence-electron chi connectivity index (χ0n) is 11.0. The van der Waals surface area contributed by atoms with Crippen LogP contribution in [0.4, 0.5) is 5.69 Å². The van der Waals surface area contributed by atoms with Gasteiger partial charge in [0.15, 0.2) is 0 Å². The van der Waals surface area contributed by atoms with Crippen LogP contribution >= 0.6 is 28.3 Å². The van der Waals surface area contributed by atoms with E-state index in [4.69, 9.17) is 0 Å². The molecule has 0 aromatic heterocycles. The molecule has 19 heavy (non-hydrogen) atoms. The smallest absolute Gasteiger partial charge is 0.238 e. The molecule has 1 amide bonds. The van der Waals surface area contributed by atoms with E-state index < -0.39 is 0 Å². The van der Waals surface area contributed by atoms with Gasteiger partial charge in [-0.3, -0.25) is 4.79 Å². The van der Waals surface area contributed by atoms with Gasteiger partial charge in [0.25, 0.3) is 0 Å². The maximum Gasteiger partial charge on any atom is 0.238 e. The largest absolute Gasteiger partial charge is 0.325 e. The number of benzene rings is 1. The molecule has 1 fully saturated rings. The summed E-state index contributed by atoms with van der Waals surface area (Å²) in [7, 11) is 0. The molecule has 0 radical (unpaired) electrons. The third-order valence-electron chi connectivity index (χ3n) is 3.14. The molecule has 1 aromatic carbocycles. The van der Waals surface area contributed by atoms with E-state index in [0.717, 1.165) is 34.6 Å². The number of carbonyl (C=O) groups is 1. The molecule has 1 aliphatic carbocycles. The Morgan fingerprint density at radius 3 is 2.79 bits per heavy atom. The maximum absolute atomic E-state index is 11.8. The molecule has 2 N–H and O–H groups in total. The quantitative estimate of drug-likeness (QED) is 0.828. The summed E-state index contributed by atoms with van der Waals surface area (Å²) in [4.78, 5) is 11.8. The van der Waals surface area contributed by atoms with Crippen LogP contribution in [0.15, 0.2) is 22.7 Å². The van der Waals surface area contributed by atoms with Gasteiger partial charge in [0.1, 0.15) is 0 Å². The van der Waals surface area contributed by atoms with Crippen molar-refractivity contribution in [2.45, 2.75) is 26.2 Å². The van der Waals surface area contributed by atoms with E-state index in [0.29, 0.717) is 6.54 Å². The summed E-state index contributed by atoms with van der Waals surface area (Å²) in [6, 6.07) is 5.95. The molecular formula is C14H20BrClN2O. The molecule has 2 rings (SSSR count). The number of amides is 1. The fourth-order valence-corrected chi connectivity index (χ4v) is 2.29. The highest BCUT2D eigenvalue weighted by molar-refractivity contribution is 9.10. The van der Waals surface area contributed by atoms with Crippen LogP contribution in [0.1, 0.15) is 25.3 Å². The van der Waals surface area contributed by atoms with E-state index in [1.54, 1.807) is 0 Å². The second kappa shape index (κ2) is 7.88. The first kappa shape index (κ1) is 16.5. The minimum absolute atomic E-state index is 0. The Hall–Kier alpha value is -0.580. The van der Waals surface area contributed by atoms with Gasteiger partial charge in [-0.1, -0.05) is 22.9 Å². The lowest BCUT2D eigenvalue weighted by molar-refractivity contribution is -0.115. The standard InChI is InChI=1S/C14H19BrN2O.ClH/c1-2-11-7-12(15)5-6-13(11)17-14(18)9-16-8-10-3-4-10;/h5-7,10,16H,2-4,8-9H2,1H3,(H,17,18);1H. The van der Waals surface area contributed by atoms with Crippen molar-refractivity contribution in [2.24, 2.45) is 5.92 Å². The van der Waals surface area contributed by atoms with Crippen molar-refractivity contribution in [3.8, 4) is 0 Å². The van der Waals surface area contributed by atoms with Crippen LogP contribution in [-0.2, 0) is 11.2 Å². The minimum Gasteiger partial charge on any atom is -0.325 e. The number of nitrogens with one attached hydrogen (secondary N) is 2. The van der Waals surface area contributed by atoms with E-state index >= 15 is 0 Å². The van der Waals surface area contributed by atoms with Crippen LogP contribution in [0.25, 0.3) is 0 Å². The van der Waals surface area contributed by atoms with E-state index in [2.05, 4.69) is 33.5 Å². The minimum atomic E-state index is 0. The zero-order chi connectivity index (χ0) is 13.0. The fraction of sp³-hybridized carbons (Fsp3) is 0.500. The SMILES string of the molecule is CCc1cc(Br)ccc1NC(=O)CNCC1CC1.Cl. The van der Waals surface area contributed by atoms with Gasteiger partial charge in [-0.15, -0.1) is 12.4 Å². The summed E-state index contributed by atoms with van der Waals surface area (Å²) < 4.78 is 1.05. The summed E-state index contributed by atoms with van der Waals surface area (Å²) in [5, 5.41) is 6.16. The molecule has 1 aliphatic rings. The number of carbonyl (C=O) groups excluding carboxylic acids is 1. The third kappa shape index (κ3) is 5.51.